The van der Waals surface area contributed by atoms with E-state index in [2.05, 4.69) is 29.2 Å². The number of benzene rings is 2. The summed E-state index contributed by atoms with van der Waals surface area (Å²) in [4.78, 5) is 14.2. The number of rotatable bonds is 3. The summed E-state index contributed by atoms with van der Waals surface area (Å²) in [5.41, 5.74) is 7.98. The molecule has 0 aliphatic carbocycles. The number of piperidine rings is 1. The Morgan fingerprint density at radius 2 is 1.62 bits per heavy atom. The molecular weight excluding hydrogens is 260 g/mol. The van der Waals surface area contributed by atoms with Crippen molar-refractivity contribution in [2.75, 3.05) is 11.4 Å². The Morgan fingerprint density at radius 1 is 1.00 bits per heavy atom. The normalized spacial score (nSPS) is 22.0. The SMILES string of the molecule is NC(=O)C1CCCN(c2ccccc2)C1c1ccccc1. The first-order valence-corrected chi connectivity index (χ1v) is 7.43. The standard InChI is InChI=1S/C18H20N2O/c19-18(21)16-12-7-13-20(15-10-5-2-6-11-15)17(16)14-8-3-1-4-9-14/h1-6,8-11,16-17H,7,12-13H2,(H2,19,21). The lowest BCUT2D eigenvalue weighted by atomic mass is 9.83. The van der Waals surface area contributed by atoms with Crippen LogP contribution in [0.1, 0.15) is 24.4 Å². The first-order chi connectivity index (χ1) is 10.3. The number of hydrogen-bond acceptors (Lipinski definition) is 2. The molecule has 1 amide bonds. The van der Waals surface area contributed by atoms with Crippen LogP contribution in [-0.4, -0.2) is 12.5 Å². The van der Waals surface area contributed by atoms with Gasteiger partial charge in [0.1, 0.15) is 0 Å². The molecule has 0 bridgehead atoms. The van der Waals surface area contributed by atoms with E-state index in [0.29, 0.717) is 0 Å². The minimum absolute atomic E-state index is 0.0276. The third-order valence-corrected chi connectivity index (χ3v) is 4.23. The number of amides is 1. The minimum atomic E-state index is -0.204. The Kier molecular flexibility index (Phi) is 3.91. The van der Waals surface area contributed by atoms with Gasteiger partial charge in [-0.05, 0) is 30.5 Å². The molecule has 2 N–H and O–H groups in total. The number of nitrogens with two attached hydrogens (primary N) is 1. The monoisotopic (exact) mass is 280 g/mol. The molecule has 3 heteroatoms. The Labute approximate surface area is 125 Å². The smallest absolute Gasteiger partial charge is 0.222 e. The molecule has 3 rings (SSSR count). The van der Waals surface area contributed by atoms with Crippen molar-refractivity contribution in [2.45, 2.75) is 18.9 Å². The van der Waals surface area contributed by atoms with Crippen LogP contribution in [0.3, 0.4) is 0 Å². The van der Waals surface area contributed by atoms with E-state index in [0.717, 1.165) is 30.6 Å². The summed E-state index contributed by atoms with van der Waals surface area (Å²) in [6.07, 6.45) is 1.85. The largest absolute Gasteiger partial charge is 0.369 e. The van der Waals surface area contributed by atoms with Gasteiger partial charge in [-0.25, -0.2) is 0 Å². The third kappa shape index (κ3) is 2.77. The van der Waals surface area contributed by atoms with Gasteiger partial charge in [0.2, 0.25) is 5.91 Å². The second-order valence-corrected chi connectivity index (χ2v) is 5.54. The fraction of sp³-hybridized carbons (Fsp3) is 0.278. The average Bonchev–Trinajstić information content (AvgIpc) is 2.55. The van der Waals surface area contributed by atoms with E-state index in [1.54, 1.807) is 0 Å². The highest BCUT2D eigenvalue weighted by Gasteiger charge is 2.35. The Balaban J connectivity index is 2.02. The molecule has 0 spiro atoms. The van der Waals surface area contributed by atoms with Gasteiger partial charge in [-0.15, -0.1) is 0 Å². The van der Waals surface area contributed by atoms with Crippen molar-refractivity contribution >= 4 is 11.6 Å². The summed E-state index contributed by atoms with van der Waals surface area (Å²) in [5.74, 6) is -0.342. The molecule has 2 aromatic rings. The highest BCUT2D eigenvalue weighted by atomic mass is 16.1. The van der Waals surface area contributed by atoms with Crippen molar-refractivity contribution in [2.24, 2.45) is 11.7 Å². The summed E-state index contributed by atoms with van der Waals surface area (Å²) in [6, 6.07) is 20.5. The van der Waals surface area contributed by atoms with Gasteiger partial charge in [-0.3, -0.25) is 4.79 Å². The lowest BCUT2D eigenvalue weighted by molar-refractivity contribution is -0.123. The summed E-state index contributed by atoms with van der Waals surface area (Å²) in [5, 5.41) is 0. The van der Waals surface area contributed by atoms with Gasteiger partial charge < -0.3 is 10.6 Å². The van der Waals surface area contributed by atoms with E-state index in [4.69, 9.17) is 5.73 Å². The third-order valence-electron chi connectivity index (χ3n) is 4.23. The minimum Gasteiger partial charge on any atom is -0.369 e. The molecule has 3 nitrogen and oxygen atoms in total. The Bertz CT molecular complexity index is 597. The number of nitrogens with zero attached hydrogens (tertiary/aromatic N) is 1. The number of carbonyl (C=O) groups is 1. The summed E-state index contributed by atoms with van der Waals surface area (Å²) in [6.45, 7) is 0.952. The zero-order valence-electron chi connectivity index (χ0n) is 12.0. The zero-order valence-corrected chi connectivity index (χ0v) is 12.0. The first kappa shape index (κ1) is 13.7. The van der Waals surface area contributed by atoms with Crippen LogP contribution in [0.4, 0.5) is 5.69 Å². The van der Waals surface area contributed by atoms with Crippen LogP contribution in [-0.2, 0) is 4.79 Å². The van der Waals surface area contributed by atoms with E-state index in [1.165, 1.54) is 0 Å². The molecule has 0 aromatic heterocycles. The first-order valence-electron chi connectivity index (χ1n) is 7.43. The zero-order chi connectivity index (χ0) is 14.7. The van der Waals surface area contributed by atoms with E-state index in [-0.39, 0.29) is 17.9 Å². The fourth-order valence-corrected chi connectivity index (χ4v) is 3.27. The summed E-state index contributed by atoms with van der Waals surface area (Å²) >= 11 is 0. The van der Waals surface area contributed by atoms with Gasteiger partial charge in [0.25, 0.3) is 0 Å². The van der Waals surface area contributed by atoms with Gasteiger partial charge >= 0.3 is 0 Å². The highest BCUT2D eigenvalue weighted by molar-refractivity contribution is 5.79. The maximum absolute atomic E-state index is 11.9. The van der Waals surface area contributed by atoms with Crippen LogP contribution in [0, 0.1) is 5.92 Å². The van der Waals surface area contributed by atoms with Crippen LogP contribution in [0.2, 0.25) is 0 Å². The van der Waals surface area contributed by atoms with Crippen LogP contribution in [0.25, 0.3) is 0 Å². The molecule has 2 aromatic carbocycles. The Hall–Kier alpha value is -2.29. The number of anilines is 1. The molecule has 21 heavy (non-hydrogen) atoms. The number of para-hydroxylation sites is 1. The molecular formula is C18H20N2O. The predicted molar refractivity (Wildman–Crippen MR) is 84.9 cm³/mol. The summed E-state index contributed by atoms with van der Waals surface area (Å²) < 4.78 is 0. The molecule has 1 heterocycles. The van der Waals surface area contributed by atoms with Crippen LogP contribution < -0.4 is 10.6 Å². The maximum atomic E-state index is 11.9. The quantitative estimate of drug-likeness (QED) is 0.939. The van der Waals surface area contributed by atoms with Crippen molar-refractivity contribution < 1.29 is 4.79 Å². The van der Waals surface area contributed by atoms with Gasteiger partial charge in [-0.1, -0.05) is 48.5 Å². The van der Waals surface area contributed by atoms with Gasteiger partial charge in [-0.2, -0.15) is 0 Å². The van der Waals surface area contributed by atoms with Gasteiger partial charge in [0, 0.05) is 12.2 Å². The second-order valence-electron chi connectivity index (χ2n) is 5.54. The molecule has 1 aliphatic rings. The molecule has 1 aliphatic heterocycles. The van der Waals surface area contributed by atoms with E-state index in [9.17, 15) is 4.79 Å². The fourth-order valence-electron chi connectivity index (χ4n) is 3.27. The van der Waals surface area contributed by atoms with Crippen molar-refractivity contribution in [3.05, 3.63) is 66.2 Å². The molecule has 0 radical (unpaired) electrons. The molecule has 2 atom stereocenters. The van der Waals surface area contributed by atoms with Crippen LogP contribution in [0.15, 0.2) is 60.7 Å². The van der Waals surface area contributed by atoms with Crippen LogP contribution >= 0.6 is 0 Å². The van der Waals surface area contributed by atoms with Crippen molar-refractivity contribution in [1.29, 1.82) is 0 Å². The van der Waals surface area contributed by atoms with Gasteiger partial charge in [0.15, 0.2) is 0 Å². The van der Waals surface area contributed by atoms with Crippen LogP contribution in [0.5, 0.6) is 0 Å². The van der Waals surface area contributed by atoms with Gasteiger partial charge in [0.05, 0.1) is 12.0 Å². The van der Waals surface area contributed by atoms with Crippen molar-refractivity contribution in [3.8, 4) is 0 Å². The number of carbonyl (C=O) groups excluding carboxylic acids is 1. The highest BCUT2D eigenvalue weighted by Crippen LogP contribution is 2.38. The lowest BCUT2D eigenvalue weighted by Crippen LogP contribution is -2.44. The van der Waals surface area contributed by atoms with E-state index < -0.39 is 0 Å². The molecule has 2 unspecified atom stereocenters. The molecule has 1 saturated heterocycles. The van der Waals surface area contributed by atoms with Crippen molar-refractivity contribution in [3.63, 3.8) is 0 Å². The van der Waals surface area contributed by atoms with Crippen molar-refractivity contribution in [1.82, 2.24) is 0 Å². The van der Waals surface area contributed by atoms with E-state index in [1.807, 2.05) is 36.4 Å². The topological polar surface area (TPSA) is 46.3 Å². The van der Waals surface area contributed by atoms with E-state index >= 15 is 0 Å². The number of hydrogen-bond donors (Lipinski definition) is 1. The second kappa shape index (κ2) is 6.00. The molecule has 1 fully saturated rings. The Morgan fingerprint density at radius 3 is 2.24 bits per heavy atom. The summed E-state index contributed by atoms with van der Waals surface area (Å²) in [7, 11) is 0. The maximum Gasteiger partial charge on any atom is 0.222 e. The average molecular weight is 280 g/mol. The molecule has 108 valence electrons. The number of primary amides is 1. The lowest BCUT2D eigenvalue weighted by Gasteiger charge is -2.42. The predicted octanol–water partition coefficient (Wildman–Crippen LogP) is 3.13. The molecule has 0 saturated carbocycles.